The molecule has 0 atom stereocenters. The Morgan fingerprint density at radius 2 is 2.05 bits per heavy atom. The molecule has 1 aromatic rings. The molecule has 20 heavy (non-hydrogen) atoms. The maximum Gasteiger partial charge on any atom is 0.230 e. The molecule has 1 aliphatic carbocycles. The van der Waals surface area contributed by atoms with Gasteiger partial charge in [-0.1, -0.05) is 36.6 Å². The van der Waals surface area contributed by atoms with E-state index < -0.39 is 0 Å². The van der Waals surface area contributed by atoms with Crippen LogP contribution in [0.5, 0.6) is 0 Å². The standard InChI is InChI=1S/C15H21ClN2O.ClH/c16-13-6-3-5-12(11-13)15(7-1-2-8-15)14(19)18-10-4-9-17;/h3,5-6,11H,1-2,4,7-10,17H2,(H,18,19);1H. The predicted molar refractivity (Wildman–Crippen MR) is 85.5 cm³/mol. The lowest BCUT2D eigenvalue weighted by molar-refractivity contribution is -0.126. The molecule has 5 heteroatoms. The zero-order valence-electron chi connectivity index (χ0n) is 11.5. The molecule has 0 unspecified atom stereocenters. The van der Waals surface area contributed by atoms with E-state index >= 15 is 0 Å². The molecule has 0 heterocycles. The number of carbonyl (C=O) groups excluding carboxylic acids is 1. The van der Waals surface area contributed by atoms with Crippen molar-refractivity contribution in [1.29, 1.82) is 0 Å². The average Bonchev–Trinajstić information content (AvgIpc) is 2.89. The smallest absolute Gasteiger partial charge is 0.230 e. The summed E-state index contributed by atoms with van der Waals surface area (Å²) in [6, 6.07) is 7.71. The number of nitrogens with one attached hydrogen (secondary N) is 1. The maximum absolute atomic E-state index is 12.6. The Kier molecular flexibility index (Phi) is 6.80. The second kappa shape index (κ2) is 7.87. The third kappa shape index (κ3) is 3.66. The number of carbonyl (C=O) groups is 1. The van der Waals surface area contributed by atoms with E-state index in [4.69, 9.17) is 17.3 Å². The highest BCUT2D eigenvalue weighted by atomic mass is 35.5. The molecule has 1 amide bonds. The van der Waals surface area contributed by atoms with E-state index in [1.807, 2.05) is 24.3 Å². The molecule has 3 nitrogen and oxygen atoms in total. The van der Waals surface area contributed by atoms with Gasteiger partial charge in [0, 0.05) is 11.6 Å². The van der Waals surface area contributed by atoms with E-state index in [-0.39, 0.29) is 23.7 Å². The highest BCUT2D eigenvalue weighted by molar-refractivity contribution is 6.30. The van der Waals surface area contributed by atoms with Gasteiger partial charge >= 0.3 is 0 Å². The molecule has 112 valence electrons. The van der Waals surface area contributed by atoms with E-state index in [1.54, 1.807) is 0 Å². The van der Waals surface area contributed by atoms with Crippen molar-refractivity contribution in [1.82, 2.24) is 5.32 Å². The Morgan fingerprint density at radius 3 is 2.65 bits per heavy atom. The normalized spacial score (nSPS) is 16.5. The molecule has 1 aromatic carbocycles. The minimum atomic E-state index is -0.389. The Balaban J connectivity index is 0.00000200. The van der Waals surface area contributed by atoms with Gasteiger partial charge in [0.15, 0.2) is 0 Å². The van der Waals surface area contributed by atoms with E-state index in [2.05, 4.69) is 5.32 Å². The molecular weight excluding hydrogens is 295 g/mol. The fourth-order valence-electron chi connectivity index (χ4n) is 2.88. The molecule has 1 aliphatic rings. The minimum Gasteiger partial charge on any atom is -0.355 e. The van der Waals surface area contributed by atoms with Gasteiger partial charge in [-0.05, 0) is 43.5 Å². The summed E-state index contributed by atoms with van der Waals surface area (Å²) in [5, 5.41) is 3.72. The largest absolute Gasteiger partial charge is 0.355 e. The van der Waals surface area contributed by atoms with Gasteiger partial charge in [-0.15, -0.1) is 12.4 Å². The van der Waals surface area contributed by atoms with E-state index in [1.165, 1.54) is 0 Å². The summed E-state index contributed by atoms with van der Waals surface area (Å²) in [6.45, 7) is 1.25. The Bertz CT molecular complexity index is 445. The maximum atomic E-state index is 12.6. The van der Waals surface area contributed by atoms with Crippen molar-refractivity contribution >= 4 is 29.9 Å². The molecule has 1 saturated carbocycles. The average molecular weight is 317 g/mol. The zero-order chi connectivity index (χ0) is 13.7. The van der Waals surface area contributed by atoms with E-state index in [0.717, 1.165) is 37.7 Å². The molecule has 0 aromatic heterocycles. The number of nitrogens with two attached hydrogens (primary N) is 1. The van der Waals surface area contributed by atoms with Crippen molar-refractivity contribution in [2.75, 3.05) is 13.1 Å². The van der Waals surface area contributed by atoms with Crippen LogP contribution >= 0.6 is 24.0 Å². The number of hydrogen-bond donors (Lipinski definition) is 2. The van der Waals surface area contributed by atoms with Crippen LogP contribution in [0.4, 0.5) is 0 Å². The van der Waals surface area contributed by atoms with Crippen LogP contribution in [-0.2, 0) is 10.2 Å². The summed E-state index contributed by atoms with van der Waals surface area (Å²) in [7, 11) is 0. The van der Waals surface area contributed by atoms with Crippen LogP contribution in [0.2, 0.25) is 5.02 Å². The van der Waals surface area contributed by atoms with Crippen LogP contribution in [0.3, 0.4) is 0 Å². The summed E-state index contributed by atoms with van der Waals surface area (Å²) in [6.07, 6.45) is 4.81. The summed E-state index contributed by atoms with van der Waals surface area (Å²) in [4.78, 5) is 12.6. The fraction of sp³-hybridized carbons (Fsp3) is 0.533. The van der Waals surface area contributed by atoms with Crippen LogP contribution in [0.15, 0.2) is 24.3 Å². The van der Waals surface area contributed by atoms with Gasteiger partial charge in [0.1, 0.15) is 0 Å². The van der Waals surface area contributed by atoms with Crippen LogP contribution < -0.4 is 11.1 Å². The van der Waals surface area contributed by atoms with Gasteiger partial charge in [0.25, 0.3) is 0 Å². The lowest BCUT2D eigenvalue weighted by atomic mass is 9.78. The molecule has 0 saturated heterocycles. The second-order valence-electron chi connectivity index (χ2n) is 5.20. The molecule has 1 fully saturated rings. The zero-order valence-corrected chi connectivity index (χ0v) is 13.1. The topological polar surface area (TPSA) is 55.1 Å². The highest BCUT2D eigenvalue weighted by Gasteiger charge is 2.42. The number of hydrogen-bond acceptors (Lipinski definition) is 2. The summed E-state index contributed by atoms with van der Waals surface area (Å²) < 4.78 is 0. The van der Waals surface area contributed by atoms with Crippen molar-refractivity contribution in [2.24, 2.45) is 5.73 Å². The number of amides is 1. The van der Waals surface area contributed by atoms with Crippen molar-refractivity contribution in [3.63, 3.8) is 0 Å². The van der Waals surface area contributed by atoms with Crippen LogP contribution in [-0.4, -0.2) is 19.0 Å². The summed E-state index contributed by atoms with van der Waals surface area (Å²) in [5.41, 5.74) is 6.12. The van der Waals surface area contributed by atoms with Crippen LogP contribution in [0, 0.1) is 0 Å². The quantitative estimate of drug-likeness (QED) is 0.820. The highest BCUT2D eigenvalue weighted by Crippen LogP contribution is 2.41. The lowest BCUT2D eigenvalue weighted by Crippen LogP contribution is -2.43. The Hall–Kier alpha value is -0.770. The number of benzene rings is 1. The summed E-state index contributed by atoms with van der Waals surface area (Å²) >= 11 is 6.07. The van der Waals surface area contributed by atoms with Gasteiger partial charge in [-0.2, -0.15) is 0 Å². The molecule has 3 N–H and O–H groups in total. The Labute approximate surface area is 131 Å². The first-order valence-corrected chi connectivity index (χ1v) is 7.31. The molecule has 0 radical (unpaired) electrons. The van der Waals surface area contributed by atoms with E-state index in [9.17, 15) is 4.79 Å². The lowest BCUT2D eigenvalue weighted by Gasteiger charge is -2.28. The van der Waals surface area contributed by atoms with Crippen molar-refractivity contribution in [2.45, 2.75) is 37.5 Å². The monoisotopic (exact) mass is 316 g/mol. The van der Waals surface area contributed by atoms with E-state index in [0.29, 0.717) is 18.1 Å². The van der Waals surface area contributed by atoms with Gasteiger partial charge in [0.05, 0.1) is 5.41 Å². The van der Waals surface area contributed by atoms with Crippen molar-refractivity contribution in [3.05, 3.63) is 34.9 Å². The van der Waals surface area contributed by atoms with Crippen molar-refractivity contribution in [3.8, 4) is 0 Å². The minimum absolute atomic E-state index is 0. The number of halogens is 2. The van der Waals surface area contributed by atoms with Gasteiger partial charge in [0.2, 0.25) is 5.91 Å². The van der Waals surface area contributed by atoms with Gasteiger partial charge in [-0.3, -0.25) is 4.79 Å². The Morgan fingerprint density at radius 1 is 1.35 bits per heavy atom. The predicted octanol–water partition coefficient (Wildman–Crippen LogP) is 3.04. The molecule has 0 bridgehead atoms. The van der Waals surface area contributed by atoms with Crippen LogP contribution in [0.25, 0.3) is 0 Å². The fourth-order valence-corrected chi connectivity index (χ4v) is 3.07. The van der Waals surface area contributed by atoms with Gasteiger partial charge < -0.3 is 11.1 Å². The van der Waals surface area contributed by atoms with Crippen LogP contribution in [0.1, 0.15) is 37.7 Å². The first-order valence-electron chi connectivity index (χ1n) is 6.93. The molecule has 0 spiro atoms. The number of rotatable bonds is 5. The SMILES string of the molecule is Cl.NCCCNC(=O)C1(c2cccc(Cl)c2)CCCC1. The van der Waals surface area contributed by atoms with Crippen molar-refractivity contribution < 1.29 is 4.79 Å². The first kappa shape index (κ1) is 17.3. The molecule has 2 rings (SSSR count). The summed E-state index contributed by atoms with van der Waals surface area (Å²) in [5.74, 6) is 0.126. The third-order valence-electron chi connectivity index (χ3n) is 3.94. The first-order chi connectivity index (χ1) is 9.19. The van der Waals surface area contributed by atoms with Gasteiger partial charge in [-0.25, -0.2) is 0 Å². The molecular formula is C15H22Cl2N2O. The second-order valence-corrected chi connectivity index (χ2v) is 5.63. The third-order valence-corrected chi connectivity index (χ3v) is 4.17. The molecule has 0 aliphatic heterocycles.